The standard InChI is InChI=1S/C17H22BrN3/c18-13-8-7-12(11-19)17(10-13)21-16-5-2-1-4-14(16)15-6-3-9-20-15/h7-8,10,14-16,20-21H,1-6,9H2. The highest BCUT2D eigenvalue weighted by molar-refractivity contribution is 9.10. The van der Waals surface area contributed by atoms with E-state index in [9.17, 15) is 5.26 Å². The maximum Gasteiger partial charge on any atom is 0.101 e. The van der Waals surface area contributed by atoms with Crippen LogP contribution >= 0.6 is 15.9 Å². The Morgan fingerprint density at radius 1 is 1.19 bits per heavy atom. The average molecular weight is 348 g/mol. The van der Waals surface area contributed by atoms with Crippen molar-refractivity contribution in [2.45, 2.75) is 50.6 Å². The number of anilines is 1. The number of hydrogen-bond acceptors (Lipinski definition) is 3. The summed E-state index contributed by atoms with van der Waals surface area (Å²) in [4.78, 5) is 0. The first-order valence-electron chi connectivity index (χ1n) is 7.97. The number of hydrogen-bond donors (Lipinski definition) is 2. The zero-order valence-corrected chi connectivity index (χ0v) is 13.8. The third-order valence-electron chi connectivity index (χ3n) is 4.88. The van der Waals surface area contributed by atoms with Gasteiger partial charge in [0.25, 0.3) is 0 Å². The van der Waals surface area contributed by atoms with Gasteiger partial charge in [0, 0.05) is 16.6 Å². The van der Waals surface area contributed by atoms with Crippen molar-refractivity contribution < 1.29 is 0 Å². The van der Waals surface area contributed by atoms with Gasteiger partial charge in [-0.2, -0.15) is 5.26 Å². The monoisotopic (exact) mass is 347 g/mol. The van der Waals surface area contributed by atoms with Gasteiger partial charge >= 0.3 is 0 Å². The normalized spacial score (nSPS) is 29.0. The van der Waals surface area contributed by atoms with Crippen molar-refractivity contribution in [3.05, 3.63) is 28.2 Å². The second-order valence-corrected chi connectivity index (χ2v) is 7.12. The molecule has 3 unspecified atom stereocenters. The highest BCUT2D eigenvalue weighted by atomic mass is 79.9. The fraction of sp³-hybridized carbons (Fsp3) is 0.588. The maximum atomic E-state index is 9.30. The molecular weight excluding hydrogens is 326 g/mol. The fourth-order valence-corrected chi connectivity index (χ4v) is 4.19. The van der Waals surface area contributed by atoms with E-state index >= 15 is 0 Å². The van der Waals surface area contributed by atoms with Crippen LogP contribution in [0, 0.1) is 17.2 Å². The molecule has 1 saturated carbocycles. The van der Waals surface area contributed by atoms with Crippen LogP contribution in [-0.2, 0) is 0 Å². The summed E-state index contributed by atoms with van der Waals surface area (Å²) in [6.45, 7) is 1.16. The lowest BCUT2D eigenvalue weighted by Gasteiger charge is -2.37. The average Bonchev–Trinajstić information content (AvgIpc) is 3.02. The summed E-state index contributed by atoms with van der Waals surface area (Å²) >= 11 is 3.51. The topological polar surface area (TPSA) is 47.9 Å². The molecule has 0 aromatic heterocycles. The summed E-state index contributed by atoms with van der Waals surface area (Å²) in [5, 5.41) is 16.6. The van der Waals surface area contributed by atoms with Gasteiger partial charge in [0.05, 0.1) is 11.3 Å². The predicted octanol–water partition coefficient (Wildman–Crippen LogP) is 4.04. The van der Waals surface area contributed by atoms with E-state index in [0.29, 0.717) is 18.0 Å². The van der Waals surface area contributed by atoms with Crippen LogP contribution in [0.2, 0.25) is 0 Å². The molecule has 0 amide bonds. The van der Waals surface area contributed by atoms with Gasteiger partial charge < -0.3 is 10.6 Å². The molecule has 1 aliphatic carbocycles. The molecule has 3 atom stereocenters. The summed E-state index contributed by atoms with van der Waals surface area (Å²) in [6, 6.07) is 9.29. The quantitative estimate of drug-likeness (QED) is 0.867. The van der Waals surface area contributed by atoms with Crippen molar-refractivity contribution in [1.82, 2.24) is 5.32 Å². The van der Waals surface area contributed by atoms with Crippen molar-refractivity contribution in [3.63, 3.8) is 0 Å². The lowest BCUT2D eigenvalue weighted by molar-refractivity contribution is 0.262. The minimum absolute atomic E-state index is 0.482. The molecule has 112 valence electrons. The first-order valence-corrected chi connectivity index (χ1v) is 8.77. The molecule has 0 bridgehead atoms. The van der Waals surface area contributed by atoms with Crippen molar-refractivity contribution in [2.24, 2.45) is 5.92 Å². The highest BCUT2D eigenvalue weighted by Crippen LogP contribution is 2.33. The van der Waals surface area contributed by atoms with E-state index < -0.39 is 0 Å². The van der Waals surface area contributed by atoms with Crippen LogP contribution in [0.5, 0.6) is 0 Å². The second kappa shape index (κ2) is 6.81. The smallest absolute Gasteiger partial charge is 0.101 e. The SMILES string of the molecule is N#Cc1ccc(Br)cc1NC1CCCCC1C1CCCN1. The van der Waals surface area contributed by atoms with Crippen molar-refractivity contribution in [1.29, 1.82) is 5.26 Å². The second-order valence-electron chi connectivity index (χ2n) is 6.20. The van der Waals surface area contributed by atoms with Crippen LogP contribution in [0.1, 0.15) is 44.1 Å². The lowest BCUT2D eigenvalue weighted by Crippen LogP contribution is -2.43. The first kappa shape index (κ1) is 14.9. The lowest BCUT2D eigenvalue weighted by atomic mass is 9.79. The molecule has 4 heteroatoms. The Balaban J connectivity index is 1.78. The summed E-state index contributed by atoms with van der Waals surface area (Å²) in [6.07, 6.45) is 7.73. The molecule has 1 aromatic rings. The van der Waals surface area contributed by atoms with Gasteiger partial charge in [-0.15, -0.1) is 0 Å². The molecule has 0 radical (unpaired) electrons. The highest BCUT2D eigenvalue weighted by Gasteiger charge is 2.33. The van der Waals surface area contributed by atoms with E-state index in [-0.39, 0.29) is 0 Å². The Morgan fingerprint density at radius 2 is 2.05 bits per heavy atom. The zero-order valence-electron chi connectivity index (χ0n) is 12.2. The van der Waals surface area contributed by atoms with Crippen LogP contribution in [0.4, 0.5) is 5.69 Å². The van der Waals surface area contributed by atoms with Gasteiger partial charge in [-0.05, 0) is 56.3 Å². The van der Waals surface area contributed by atoms with E-state index in [4.69, 9.17) is 0 Å². The van der Waals surface area contributed by atoms with Crippen molar-refractivity contribution in [2.75, 3.05) is 11.9 Å². The van der Waals surface area contributed by atoms with E-state index in [0.717, 1.165) is 22.3 Å². The number of benzene rings is 1. The van der Waals surface area contributed by atoms with Gasteiger partial charge in [0.1, 0.15) is 6.07 Å². The number of nitrogens with zero attached hydrogens (tertiary/aromatic N) is 1. The molecule has 2 fully saturated rings. The van der Waals surface area contributed by atoms with Crippen LogP contribution in [0.3, 0.4) is 0 Å². The van der Waals surface area contributed by atoms with Gasteiger partial charge in [-0.25, -0.2) is 0 Å². The molecular formula is C17H22BrN3. The fourth-order valence-electron chi connectivity index (χ4n) is 3.83. The van der Waals surface area contributed by atoms with Gasteiger partial charge in [-0.3, -0.25) is 0 Å². The third-order valence-corrected chi connectivity index (χ3v) is 5.37. The van der Waals surface area contributed by atoms with Crippen LogP contribution < -0.4 is 10.6 Å². The molecule has 3 nitrogen and oxygen atoms in total. The van der Waals surface area contributed by atoms with E-state index in [1.54, 1.807) is 0 Å². The molecule has 21 heavy (non-hydrogen) atoms. The molecule has 2 aliphatic rings. The number of nitrogens with one attached hydrogen (secondary N) is 2. The molecule has 1 aliphatic heterocycles. The minimum Gasteiger partial charge on any atom is -0.381 e. The molecule has 1 aromatic carbocycles. The predicted molar refractivity (Wildman–Crippen MR) is 89.3 cm³/mol. The number of rotatable bonds is 3. The van der Waals surface area contributed by atoms with Crippen molar-refractivity contribution in [3.8, 4) is 6.07 Å². The minimum atomic E-state index is 0.482. The van der Waals surface area contributed by atoms with Crippen LogP contribution in [0.25, 0.3) is 0 Å². The van der Waals surface area contributed by atoms with Gasteiger partial charge in [0.2, 0.25) is 0 Å². The molecule has 1 saturated heterocycles. The Labute approximate surface area is 135 Å². The Hall–Kier alpha value is -1.05. The summed E-state index contributed by atoms with van der Waals surface area (Å²) in [7, 11) is 0. The van der Waals surface area contributed by atoms with Crippen LogP contribution in [0.15, 0.2) is 22.7 Å². The molecule has 3 rings (SSSR count). The number of halogens is 1. The van der Waals surface area contributed by atoms with E-state index in [1.165, 1.54) is 38.5 Å². The van der Waals surface area contributed by atoms with Gasteiger partial charge in [0.15, 0.2) is 0 Å². The Kier molecular flexibility index (Phi) is 4.82. The largest absolute Gasteiger partial charge is 0.381 e. The van der Waals surface area contributed by atoms with Gasteiger partial charge in [-0.1, -0.05) is 28.8 Å². The Bertz CT molecular complexity index is 531. The summed E-state index contributed by atoms with van der Waals surface area (Å²) in [5.41, 5.74) is 1.71. The number of nitriles is 1. The zero-order chi connectivity index (χ0) is 14.7. The third kappa shape index (κ3) is 3.41. The molecule has 1 heterocycles. The van der Waals surface area contributed by atoms with E-state index in [1.807, 2.05) is 18.2 Å². The van der Waals surface area contributed by atoms with Crippen LogP contribution in [-0.4, -0.2) is 18.6 Å². The maximum absolute atomic E-state index is 9.30. The summed E-state index contributed by atoms with van der Waals surface area (Å²) in [5.74, 6) is 0.687. The summed E-state index contributed by atoms with van der Waals surface area (Å²) < 4.78 is 1.02. The molecule has 0 spiro atoms. The Morgan fingerprint density at radius 3 is 2.81 bits per heavy atom. The first-order chi connectivity index (χ1) is 10.3. The van der Waals surface area contributed by atoms with E-state index in [2.05, 4.69) is 32.6 Å². The molecule has 2 N–H and O–H groups in total. The van der Waals surface area contributed by atoms with Crippen molar-refractivity contribution >= 4 is 21.6 Å².